The number of aliphatic hydroxyl groups is 1. The van der Waals surface area contributed by atoms with Crippen LogP contribution in [0, 0.1) is 10.1 Å². The Morgan fingerprint density at radius 3 is 2.60 bits per heavy atom. The Balaban J connectivity index is 2.07. The van der Waals surface area contributed by atoms with Gasteiger partial charge >= 0.3 is 0 Å². The summed E-state index contributed by atoms with van der Waals surface area (Å²) in [6, 6.07) is 4.19. The maximum absolute atomic E-state index is 10.7. The Kier molecular flexibility index (Phi) is 4.44. The van der Waals surface area contributed by atoms with Crippen molar-refractivity contribution in [3.8, 4) is 11.5 Å². The van der Waals surface area contributed by atoms with Gasteiger partial charge in [0, 0.05) is 6.07 Å². The molecule has 6 nitrogen and oxygen atoms in total. The van der Waals surface area contributed by atoms with Crippen molar-refractivity contribution in [2.75, 3.05) is 13.7 Å². The molecule has 1 N–H and O–H groups in total. The summed E-state index contributed by atoms with van der Waals surface area (Å²) in [5.74, 6) is 0.718. The van der Waals surface area contributed by atoms with Crippen LogP contribution in [0.4, 0.5) is 5.69 Å². The normalized spacial score (nSPS) is 17.5. The number of nitro groups is 1. The number of benzene rings is 1. The molecule has 0 radical (unpaired) electrons. The first-order chi connectivity index (χ1) is 9.54. The molecule has 0 atom stereocenters. The monoisotopic (exact) mass is 281 g/mol. The highest BCUT2D eigenvalue weighted by Crippen LogP contribution is 2.34. The second kappa shape index (κ2) is 6.09. The largest absolute Gasteiger partial charge is 0.493 e. The highest BCUT2D eigenvalue weighted by Gasteiger charge is 2.30. The Morgan fingerprint density at radius 1 is 1.30 bits per heavy atom. The fraction of sp³-hybridized carbons (Fsp3) is 0.571. The molecule has 0 saturated heterocycles. The third kappa shape index (κ3) is 3.39. The number of hydrogen-bond donors (Lipinski definition) is 1. The van der Waals surface area contributed by atoms with Crippen LogP contribution in [0.5, 0.6) is 11.5 Å². The summed E-state index contributed by atoms with van der Waals surface area (Å²) in [4.78, 5) is 10.2. The predicted molar refractivity (Wildman–Crippen MR) is 73.2 cm³/mol. The maximum atomic E-state index is 10.7. The van der Waals surface area contributed by atoms with E-state index in [1.54, 1.807) is 0 Å². The quantitative estimate of drug-likeness (QED) is 0.662. The van der Waals surface area contributed by atoms with Crippen LogP contribution in [-0.4, -0.2) is 29.3 Å². The second-order valence-electron chi connectivity index (χ2n) is 5.17. The molecule has 1 saturated carbocycles. The van der Waals surface area contributed by atoms with Crippen LogP contribution < -0.4 is 9.47 Å². The van der Waals surface area contributed by atoms with E-state index in [1.807, 2.05) is 0 Å². The number of hydrogen-bond acceptors (Lipinski definition) is 5. The molecular weight excluding hydrogens is 262 g/mol. The van der Waals surface area contributed by atoms with Gasteiger partial charge in [-0.05, 0) is 18.9 Å². The molecule has 6 heteroatoms. The lowest BCUT2D eigenvalue weighted by Crippen LogP contribution is -2.37. The van der Waals surface area contributed by atoms with E-state index in [1.165, 1.54) is 25.3 Å². The van der Waals surface area contributed by atoms with Gasteiger partial charge in [0.1, 0.15) is 6.61 Å². The molecule has 0 bridgehead atoms. The van der Waals surface area contributed by atoms with Crippen molar-refractivity contribution in [3.63, 3.8) is 0 Å². The van der Waals surface area contributed by atoms with Gasteiger partial charge in [0.25, 0.3) is 5.69 Å². The lowest BCUT2D eigenvalue weighted by molar-refractivity contribution is -0.385. The number of rotatable bonds is 5. The second-order valence-corrected chi connectivity index (χ2v) is 5.17. The van der Waals surface area contributed by atoms with Crippen molar-refractivity contribution in [2.45, 2.75) is 37.7 Å². The molecule has 0 amide bonds. The van der Waals surface area contributed by atoms with E-state index in [4.69, 9.17) is 9.47 Å². The molecular formula is C14H19NO5. The van der Waals surface area contributed by atoms with Gasteiger partial charge in [-0.2, -0.15) is 0 Å². The van der Waals surface area contributed by atoms with Crippen LogP contribution in [0.25, 0.3) is 0 Å². The molecule has 0 unspecified atom stereocenters. The molecule has 0 aromatic heterocycles. The van der Waals surface area contributed by atoms with Crippen LogP contribution in [0.2, 0.25) is 0 Å². The zero-order valence-corrected chi connectivity index (χ0v) is 11.5. The summed E-state index contributed by atoms with van der Waals surface area (Å²) in [5, 5.41) is 21.1. The predicted octanol–water partition coefficient (Wildman–Crippen LogP) is 2.68. The molecule has 1 aromatic carbocycles. The summed E-state index contributed by atoms with van der Waals surface area (Å²) in [5.41, 5.74) is -0.851. The van der Waals surface area contributed by atoms with Gasteiger partial charge in [-0.15, -0.1) is 0 Å². The summed E-state index contributed by atoms with van der Waals surface area (Å²) >= 11 is 0. The Labute approximate surface area is 117 Å². The topological polar surface area (TPSA) is 81.8 Å². The van der Waals surface area contributed by atoms with E-state index in [9.17, 15) is 15.2 Å². The minimum atomic E-state index is -0.801. The van der Waals surface area contributed by atoms with Gasteiger partial charge in [0.2, 0.25) is 0 Å². The fourth-order valence-electron chi connectivity index (χ4n) is 2.46. The summed E-state index contributed by atoms with van der Waals surface area (Å²) in [7, 11) is 1.43. The van der Waals surface area contributed by atoms with E-state index in [-0.39, 0.29) is 12.3 Å². The van der Waals surface area contributed by atoms with Crippen LogP contribution in [0.3, 0.4) is 0 Å². The number of non-ortho nitro benzene ring substituents is 1. The molecule has 20 heavy (non-hydrogen) atoms. The lowest BCUT2D eigenvalue weighted by Gasteiger charge is -2.31. The zero-order valence-electron chi connectivity index (χ0n) is 11.5. The molecule has 0 heterocycles. The van der Waals surface area contributed by atoms with Crippen LogP contribution in [0.1, 0.15) is 32.1 Å². The molecule has 1 aliphatic carbocycles. The zero-order chi connectivity index (χ0) is 14.6. The SMILES string of the molecule is COc1cc([N+](=O)[O-])ccc1OCC1(O)CCCCC1. The molecule has 2 rings (SSSR count). The van der Waals surface area contributed by atoms with Gasteiger partial charge in [-0.3, -0.25) is 10.1 Å². The highest BCUT2D eigenvalue weighted by molar-refractivity contribution is 5.48. The van der Waals surface area contributed by atoms with E-state index >= 15 is 0 Å². The minimum absolute atomic E-state index is 0.0504. The first kappa shape index (κ1) is 14.6. The molecule has 0 spiro atoms. The van der Waals surface area contributed by atoms with Gasteiger partial charge < -0.3 is 14.6 Å². The van der Waals surface area contributed by atoms with Gasteiger partial charge in [-0.1, -0.05) is 19.3 Å². The van der Waals surface area contributed by atoms with E-state index in [0.717, 1.165) is 32.1 Å². The van der Waals surface area contributed by atoms with Crippen molar-refractivity contribution in [1.82, 2.24) is 0 Å². The molecule has 1 aromatic rings. The summed E-state index contributed by atoms with van der Waals surface area (Å²) in [6.45, 7) is 0.182. The van der Waals surface area contributed by atoms with E-state index in [0.29, 0.717) is 11.5 Å². The Morgan fingerprint density at radius 2 is 2.00 bits per heavy atom. The Bertz CT molecular complexity index is 482. The van der Waals surface area contributed by atoms with Crippen molar-refractivity contribution in [2.24, 2.45) is 0 Å². The highest BCUT2D eigenvalue weighted by atomic mass is 16.6. The third-order valence-electron chi connectivity index (χ3n) is 3.64. The third-order valence-corrected chi connectivity index (χ3v) is 3.64. The molecule has 1 fully saturated rings. The van der Waals surface area contributed by atoms with E-state index < -0.39 is 10.5 Å². The smallest absolute Gasteiger partial charge is 0.273 e. The maximum Gasteiger partial charge on any atom is 0.273 e. The standard InChI is InChI=1S/C14H19NO5/c1-19-13-9-11(15(17)18)5-6-12(13)20-10-14(16)7-3-2-4-8-14/h5-6,9,16H,2-4,7-8,10H2,1H3. The molecule has 110 valence electrons. The summed E-state index contributed by atoms with van der Waals surface area (Å²) < 4.78 is 10.7. The number of nitrogens with zero attached hydrogens (tertiary/aromatic N) is 1. The number of methoxy groups -OCH3 is 1. The average molecular weight is 281 g/mol. The van der Waals surface area contributed by atoms with Crippen molar-refractivity contribution >= 4 is 5.69 Å². The van der Waals surface area contributed by atoms with Gasteiger partial charge in [0.15, 0.2) is 11.5 Å². The van der Waals surface area contributed by atoms with Gasteiger partial charge in [0.05, 0.1) is 23.7 Å². The average Bonchev–Trinajstić information content (AvgIpc) is 2.45. The first-order valence-corrected chi connectivity index (χ1v) is 6.72. The molecule has 1 aliphatic rings. The Hall–Kier alpha value is -1.82. The number of nitro benzene ring substituents is 1. The number of ether oxygens (including phenoxy) is 2. The lowest BCUT2D eigenvalue weighted by atomic mass is 9.85. The van der Waals surface area contributed by atoms with Crippen LogP contribution >= 0.6 is 0 Å². The van der Waals surface area contributed by atoms with E-state index in [2.05, 4.69) is 0 Å². The first-order valence-electron chi connectivity index (χ1n) is 6.72. The van der Waals surface area contributed by atoms with Gasteiger partial charge in [-0.25, -0.2) is 0 Å². The van der Waals surface area contributed by atoms with Crippen LogP contribution in [-0.2, 0) is 0 Å². The minimum Gasteiger partial charge on any atom is -0.493 e. The van der Waals surface area contributed by atoms with Crippen molar-refractivity contribution in [3.05, 3.63) is 28.3 Å². The molecule has 0 aliphatic heterocycles. The van der Waals surface area contributed by atoms with Crippen LogP contribution in [0.15, 0.2) is 18.2 Å². The summed E-state index contributed by atoms with van der Waals surface area (Å²) in [6.07, 6.45) is 4.59. The van der Waals surface area contributed by atoms with Crippen molar-refractivity contribution in [1.29, 1.82) is 0 Å². The van der Waals surface area contributed by atoms with Crippen molar-refractivity contribution < 1.29 is 19.5 Å². The fourth-order valence-corrected chi connectivity index (χ4v) is 2.46.